The molecule has 166 valence electrons. The smallest absolute Gasteiger partial charge is 0.286 e. The minimum Gasteiger partial charge on any atom is -0.491 e. The zero-order valence-corrected chi connectivity index (χ0v) is 19.4. The summed E-state index contributed by atoms with van der Waals surface area (Å²) in [7, 11) is 0. The standard InChI is InChI=1S/C22H25ClN2O4S2/c1-14(24-11-17(26)12-29-18-4-2-3-16(23)10-18)13-30-19-7-5-15(6-8-19)9-20-21(27)25-22(28)31-20/h2-8,10,14,17,20,24,26H,9,11-13H2,1H3,(H,25,27,28). The molecule has 31 heavy (non-hydrogen) atoms. The normalized spacial score (nSPS) is 18.0. The van der Waals surface area contributed by atoms with Gasteiger partial charge < -0.3 is 15.2 Å². The molecule has 0 aromatic heterocycles. The molecule has 1 heterocycles. The van der Waals surface area contributed by atoms with E-state index in [1.54, 1.807) is 36.0 Å². The molecule has 2 aromatic rings. The number of nitrogens with one attached hydrogen (secondary N) is 2. The predicted molar refractivity (Wildman–Crippen MR) is 126 cm³/mol. The van der Waals surface area contributed by atoms with Crippen LogP contribution in [0.1, 0.15) is 12.5 Å². The van der Waals surface area contributed by atoms with Crippen molar-refractivity contribution in [2.45, 2.75) is 35.6 Å². The van der Waals surface area contributed by atoms with Crippen LogP contribution in [0.25, 0.3) is 0 Å². The summed E-state index contributed by atoms with van der Waals surface area (Å²) >= 11 is 8.68. The first-order valence-electron chi connectivity index (χ1n) is 9.92. The summed E-state index contributed by atoms with van der Waals surface area (Å²) in [4.78, 5) is 24.1. The van der Waals surface area contributed by atoms with Crippen molar-refractivity contribution in [3.8, 4) is 5.75 Å². The molecule has 3 unspecified atom stereocenters. The Morgan fingerprint density at radius 2 is 2.03 bits per heavy atom. The summed E-state index contributed by atoms with van der Waals surface area (Å²) in [5.41, 5.74) is 1.03. The molecule has 0 saturated carbocycles. The van der Waals surface area contributed by atoms with Gasteiger partial charge in [-0.2, -0.15) is 0 Å². The van der Waals surface area contributed by atoms with Crippen LogP contribution < -0.4 is 15.4 Å². The quantitative estimate of drug-likeness (QED) is 0.422. The van der Waals surface area contributed by atoms with Crippen LogP contribution in [-0.4, -0.2) is 52.6 Å². The number of thioether (sulfide) groups is 2. The Balaban J connectivity index is 1.34. The molecule has 1 aliphatic rings. The molecular weight excluding hydrogens is 456 g/mol. The summed E-state index contributed by atoms with van der Waals surface area (Å²) < 4.78 is 5.56. The fourth-order valence-corrected chi connectivity index (χ4v) is 4.82. The van der Waals surface area contributed by atoms with Crippen molar-refractivity contribution >= 4 is 46.3 Å². The molecular formula is C22H25ClN2O4S2. The fraction of sp³-hybridized carbons (Fsp3) is 0.364. The molecule has 0 spiro atoms. The first-order chi connectivity index (χ1) is 14.9. The molecule has 0 radical (unpaired) electrons. The van der Waals surface area contributed by atoms with Crippen molar-refractivity contribution in [2.75, 3.05) is 18.9 Å². The number of imide groups is 1. The molecule has 6 nitrogen and oxygen atoms in total. The van der Waals surface area contributed by atoms with Gasteiger partial charge >= 0.3 is 0 Å². The monoisotopic (exact) mass is 480 g/mol. The summed E-state index contributed by atoms with van der Waals surface area (Å²) in [5.74, 6) is 1.27. The fourth-order valence-electron chi connectivity index (χ4n) is 2.89. The van der Waals surface area contributed by atoms with Gasteiger partial charge in [0.25, 0.3) is 5.24 Å². The van der Waals surface area contributed by atoms with E-state index >= 15 is 0 Å². The summed E-state index contributed by atoms with van der Waals surface area (Å²) in [6.07, 6.45) is -0.0800. The van der Waals surface area contributed by atoms with E-state index < -0.39 is 6.10 Å². The molecule has 2 aromatic carbocycles. The van der Waals surface area contributed by atoms with Crippen LogP contribution in [0.15, 0.2) is 53.4 Å². The average molecular weight is 481 g/mol. The second-order valence-electron chi connectivity index (χ2n) is 7.27. The highest BCUT2D eigenvalue weighted by Gasteiger charge is 2.31. The number of carbonyl (C=O) groups excluding carboxylic acids is 2. The van der Waals surface area contributed by atoms with E-state index in [1.807, 2.05) is 24.3 Å². The Labute approximate surface area is 195 Å². The topological polar surface area (TPSA) is 87.7 Å². The highest BCUT2D eigenvalue weighted by atomic mass is 35.5. The Kier molecular flexibility index (Phi) is 9.10. The van der Waals surface area contributed by atoms with E-state index in [4.69, 9.17) is 16.3 Å². The van der Waals surface area contributed by atoms with E-state index in [9.17, 15) is 14.7 Å². The second kappa shape index (κ2) is 11.8. The number of amides is 2. The van der Waals surface area contributed by atoms with Crippen LogP contribution in [0.4, 0.5) is 4.79 Å². The maximum absolute atomic E-state index is 11.7. The third-order valence-electron chi connectivity index (χ3n) is 4.55. The Morgan fingerprint density at radius 1 is 1.26 bits per heavy atom. The van der Waals surface area contributed by atoms with Gasteiger partial charge in [-0.1, -0.05) is 41.6 Å². The van der Waals surface area contributed by atoms with Crippen molar-refractivity contribution in [3.63, 3.8) is 0 Å². The van der Waals surface area contributed by atoms with Gasteiger partial charge in [0, 0.05) is 28.3 Å². The zero-order valence-electron chi connectivity index (χ0n) is 17.0. The summed E-state index contributed by atoms with van der Waals surface area (Å²) in [6, 6.07) is 15.3. The third-order valence-corrected chi connectivity index (χ3v) is 7.04. The van der Waals surface area contributed by atoms with Gasteiger partial charge in [-0.15, -0.1) is 11.8 Å². The Hall–Kier alpha value is -1.71. The molecule has 1 fully saturated rings. The van der Waals surface area contributed by atoms with Crippen molar-refractivity contribution in [3.05, 3.63) is 59.1 Å². The minimum atomic E-state index is -0.622. The molecule has 9 heteroatoms. The van der Waals surface area contributed by atoms with Crippen molar-refractivity contribution in [1.29, 1.82) is 0 Å². The number of aliphatic hydroxyl groups is 1. The highest BCUT2D eigenvalue weighted by Crippen LogP contribution is 2.25. The van der Waals surface area contributed by atoms with Gasteiger partial charge in [0.1, 0.15) is 18.5 Å². The molecule has 0 aliphatic carbocycles. The Morgan fingerprint density at radius 3 is 2.71 bits per heavy atom. The number of halogens is 1. The Bertz CT molecular complexity index is 897. The molecule has 0 bridgehead atoms. The minimum absolute atomic E-state index is 0.192. The molecule has 3 N–H and O–H groups in total. The van der Waals surface area contributed by atoms with Gasteiger partial charge in [-0.05, 0) is 49.2 Å². The number of aliphatic hydroxyl groups excluding tert-OH is 1. The molecule has 1 saturated heterocycles. The average Bonchev–Trinajstić information content (AvgIpc) is 3.06. The zero-order chi connectivity index (χ0) is 22.2. The maximum atomic E-state index is 11.7. The maximum Gasteiger partial charge on any atom is 0.286 e. The van der Waals surface area contributed by atoms with E-state index in [0.29, 0.717) is 23.7 Å². The molecule has 2 amide bonds. The second-order valence-corrected chi connectivity index (χ2v) is 9.98. The molecule has 3 rings (SSSR count). The molecule has 1 aliphatic heterocycles. The summed E-state index contributed by atoms with van der Waals surface area (Å²) in [6.45, 7) is 2.69. The number of rotatable bonds is 11. The van der Waals surface area contributed by atoms with Gasteiger partial charge in [0.15, 0.2) is 0 Å². The molecule has 3 atom stereocenters. The largest absolute Gasteiger partial charge is 0.491 e. The number of ether oxygens (including phenoxy) is 1. The summed E-state index contributed by atoms with van der Waals surface area (Å²) in [5, 5.41) is 15.7. The van der Waals surface area contributed by atoms with Crippen LogP contribution in [0, 0.1) is 0 Å². The van der Waals surface area contributed by atoms with Gasteiger partial charge in [-0.3, -0.25) is 14.9 Å². The first kappa shape index (κ1) is 23.9. The lowest BCUT2D eigenvalue weighted by atomic mass is 10.1. The lowest BCUT2D eigenvalue weighted by molar-refractivity contribution is -0.118. The lowest BCUT2D eigenvalue weighted by Crippen LogP contribution is -2.37. The van der Waals surface area contributed by atoms with E-state index in [-0.39, 0.29) is 29.0 Å². The number of benzene rings is 2. The van der Waals surface area contributed by atoms with Crippen LogP contribution in [-0.2, 0) is 11.2 Å². The van der Waals surface area contributed by atoms with E-state index in [2.05, 4.69) is 17.6 Å². The lowest BCUT2D eigenvalue weighted by Gasteiger charge is -2.17. The van der Waals surface area contributed by atoms with E-state index in [1.165, 1.54) is 0 Å². The van der Waals surface area contributed by atoms with Crippen molar-refractivity contribution in [1.82, 2.24) is 10.6 Å². The van der Waals surface area contributed by atoms with Crippen molar-refractivity contribution in [2.24, 2.45) is 0 Å². The predicted octanol–water partition coefficient (Wildman–Crippen LogP) is 3.74. The van der Waals surface area contributed by atoms with Crippen LogP contribution in [0.2, 0.25) is 5.02 Å². The van der Waals surface area contributed by atoms with Gasteiger partial charge in [0.2, 0.25) is 5.91 Å². The van der Waals surface area contributed by atoms with Gasteiger partial charge in [-0.25, -0.2) is 0 Å². The number of carbonyl (C=O) groups is 2. The third kappa shape index (κ3) is 8.05. The van der Waals surface area contributed by atoms with Crippen molar-refractivity contribution < 1.29 is 19.4 Å². The first-order valence-corrected chi connectivity index (χ1v) is 12.2. The number of hydrogen-bond acceptors (Lipinski definition) is 7. The van der Waals surface area contributed by atoms with E-state index in [0.717, 1.165) is 28.0 Å². The number of hydrogen-bond donors (Lipinski definition) is 3. The van der Waals surface area contributed by atoms with Crippen LogP contribution in [0.5, 0.6) is 5.75 Å². The SMILES string of the molecule is CC(CSc1ccc(CC2SC(=O)NC2=O)cc1)NCC(O)COc1cccc(Cl)c1. The van der Waals surface area contributed by atoms with Crippen LogP contribution >= 0.6 is 35.1 Å². The van der Waals surface area contributed by atoms with Crippen LogP contribution in [0.3, 0.4) is 0 Å². The highest BCUT2D eigenvalue weighted by molar-refractivity contribution is 8.15. The van der Waals surface area contributed by atoms with Gasteiger partial charge in [0.05, 0.1) is 5.25 Å².